The molecule has 0 radical (unpaired) electrons. The lowest BCUT2D eigenvalue weighted by Crippen LogP contribution is -2.47. The smallest absolute Gasteiger partial charge is 0.329 e. The summed E-state index contributed by atoms with van der Waals surface area (Å²) in [5.41, 5.74) is -0.160. The van der Waals surface area contributed by atoms with E-state index in [1.54, 1.807) is 20.8 Å². The van der Waals surface area contributed by atoms with E-state index in [4.69, 9.17) is 4.74 Å². The van der Waals surface area contributed by atoms with Gasteiger partial charge in [0.1, 0.15) is 11.9 Å². The number of esters is 1. The third-order valence-corrected chi connectivity index (χ3v) is 3.34. The summed E-state index contributed by atoms with van der Waals surface area (Å²) < 4.78 is 18.8. The second-order valence-corrected chi connectivity index (χ2v) is 5.65. The fourth-order valence-electron chi connectivity index (χ4n) is 1.98. The summed E-state index contributed by atoms with van der Waals surface area (Å²) in [6.07, 6.45) is -0.982. The number of carbonyl (C=O) groups excluding carboxylic acids is 3. The molecular weight excluding hydrogens is 315 g/mol. The molecule has 0 spiro atoms. The van der Waals surface area contributed by atoms with Gasteiger partial charge in [-0.15, -0.1) is 0 Å². The zero-order valence-corrected chi connectivity index (χ0v) is 14.3. The van der Waals surface area contributed by atoms with E-state index < -0.39 is 35.7 Å². The minimum absolute atomic E-state index is 0.160. The van der Waals surface area contributed by atoms with Crippen LogP contribution < -0.4 is 10.6 Å². The zero-order chi connectivity index (χ0) is 18.3. The summed E-state index contributed by atoms with van der Waals surface area (Å²) >= 11 is 0. The van der Waals surface area contributed by atoms with E-state index in [1.165, 1.54) is 25.1 Å². The second-order valence-electron chi connectivity index (χ2n) is 5.65. The van der Waals surface area contributed by atoms with Crippen molar-refractivity contribution < 1.29 is 23.5 Å². The lowest BCUT2D eigenvalue weighted by molar-refractivity contribution is -0.157. The second kappa shape index (κ2) is 9.00. The fourth-order valence-corrected chi connectivity index (χ4v) is 1.98. The van der Waals surface area contributed by atoms with E-state index in [0.717, 1.165) is 6.07 Å². The van der Waals surface area contributed by atoms with Gasteiger partial charge >= 0.3 is 5.97 Å². The molecule has 1 rings (SSSR count). The summed E-state index contributed by atoms with van der Waals surface area (Å²) in [5, 5.41) is 5.00. The van der Waals surface area contributed by atoms with Crippen LogP contribution in [0.5, 0.6) is 0 Å². The van der Waals surface area contributed by atoms with Crippen LogP contribution in [0.2, 0.25) is 0 Å². The molecule has 0 heterocycles. The SMILES string of the molecule is CCNC(=O)[C@@H](C)OC(=O)[C@@H](NC(=O)c1ccccc1F)C(C)C. The average Bonchev–Trinajstić information content (AvgIpc) is 2.52. The molecule has 0 unspecified atom stereocenters. The van der Waals surface area contributed by atoms with Gasteiger partial charge < -0.3 is 15.4 Å². The van der Waals surface area contributed by atoms with E-state index >= 15 is 0 Å². The van der Waals surface area contributed by atoms with Crippen LogP contribution in [0.4, 0.5) is 4.39 Å². The number of ether oxygens (including phenoxy) is 1. The predicted molar refractivity (Wildman–Crippen MR) is 86.7 cm³/mol. The first-order valence-corrected chi connectivity index (χ1v) is 7.81. The first-order chi connectivity index (χ1) is 11.3. The number of halogens is 1. The van der Waals surface area contributed by atoms with Crippen LogP contribution in [0.1, 0.15) is 38.1 Å². The number of hydrogen-bond donors (Lipinski definition) is 2. The number of rotatable bonds is 7. The van der Waals surface area contributed by atoms with Gasteiger partial charge in [-0.1, -0.05) is 26.0 Å². The largest absolute Gasteiger partial charge is 0.451 e. The molecule has 0 saturated heterocycles. The van der Waals surface area contributed by atoms with Crippen LogP contribution >= 0.6 is 0 Å². The van der Waals surface area contributed by atoms with Gasteiger partial charge in [0.2, 0.25) is 0 Å². The summed E-state index contributed by atoms with van der Waals surface area (Å²) in [7, 11) is 0. The molecule has 1 aromatic rings. The van der Waals surface area contributed by atoms with Crippen LogP contribution in [0, 0.1) is 11.7 Å². The highest BCUT2D eigenvalue weighted by Crippen LogP contribution is 2.10. The van der Waals surface area contributed by atoms with Crippen LogP contribution in [-0.2, 0) is 14.3 Å². The Kier molecular flexibility index (Phi) is 7.35. The molecule has 0 aliphatic carbocycles. The highest BCUT2D eigenvalue weighted by atomic mass is 19.1. The third kappa shape index (κ3) is 5.33. The molecule has 0 aromatic heterocycles. The summed E-state index contributed by atoms with van der Waals surface area (Å²) in [6.45, 7) is 7.03. The number of nitrogens with one attached hydrogen (secondary N) is 2. The Hall–Kier alpha value is -2.44. The summed E-state index contributed by atoms with van der Waals surface area (Å²) in [4.78, 5) is 36.0. The summed E-state index contributed by atoms with van der Waals surface area (Å²) in [6, 6.07) is 4.49. The average molecular weight is 338 g/mol. The van der Waals surface area contributed by atoms with Gasteiger partial charge in [0.05, 0.1) is 5.56 Å². The van der Waals surface area contributed by atoms with Gasteiger partial charge in [0.15, 0.2) is 6.10 Å². The molecule has 0 aliphatic rings. The van der Waals surface area contributed by atoms with Gasteiger partial charge in [-0.3, -0.25) is 9.59 Å². The van der Waals surface area contributed by atoms with Crippen molar-refractivity contribution in [2.45, 2.75) is 39.8 Å². The van der Waals surface area contributed by atoms with Gasteiger partial charge in [-0.05, 0) is 31.9 Å². The van der Waals surface area contributed by atoms with Gasteiger partial charge in [0, 0.05) is 6.54 Å². The monoisotopic (exact) mass is 338 g/mol. The first kappa shape index (κ1) is 19.6. The molecule has 2 N–H and O–H groups in total. The molecule has 6 nitrogen and oxygen atoms in total. The van der Waals surface area contributed by atoms with Gasteiger partial charge in [-0.25, -0.2) is 9.18 Å². The molecule has 2 amide bonds. The maximum absolute atomic E-state index is 13.7. The van der Waals surface area contributed by atoms with Crippen molar-refractivity contribution >= 4 is 17.8 Å². The maximum Gasteiger partial charge on any atom is 0.329 e. The molecule has 1 aromatic carbocycles. The minimum atomic E-state index is -0.992. The van der Waals surface area contributed by atoms with Gasteiger partial charge in [0.25, 0.3) is 11.8 Å². The van der Waals surface area contributed by atoms with E-state index in [0.29, 0.717) is 6.54 Å². The Bertz CT molecular complexity index is 604. The quantitative estimate of drug-likeness (QED) is 0.741. The predicted octanol–water partition coefficient (Wildman–Crippen LogP) is 1.65. The molecule has 0 fully saturated rings. The van der Waals surface area contributed by atoms with E-state index in [2.05, 4.69) is 10.6 Å². The van der Waals surface area contributed by atoms with E-state index in [9.17, 15) is 18.8 Å². The van der Waals surface area contributed by atoms with E-state index in [-0.39, 0.29) is 11.5 Å². The Labute approximate surface area is 140 Å². The maximum atomic E-state index is 13.7. The molecular formula is C17H23FN2O4. The number of hydrogen-bond acceptors (Lipinski definition) is 4. The van der Waals surface area contributed by atoms with Crippen molar-refractivity contribution in [2.24, 2.45) is 5.92 Å². The van der Waals surface area contributed by atoms with E-state index in [1.807, 2.05) is 0 Å². The van der Waals surface area contributed by atoms with Crippen molar-refractivity contribution in [3.05, 3.63) is 35.6 Å². The van der Waals surface area contributed by atoms with Crippen LogP contribution in [0.25, 0.3) is 0 Å². The molecule has 0 aliphatic heterocycles. The molecule has 7 heteroatoms. The standard InChI is InChI=1S/C17H23FN2O4/c1-5-19-15(21)11(4)24-17(23)14(10(2)3)20-16(22)12-8-6-7-9-13(12)18/h6-11,14H,5H2,1-4H3,(H,19,21)(H,20,22)/t11-,14+/m1/s1. The normalized spacial score (nSPS) is 13.1. The Balaban J connectivity index is 2.80. The van der Waals surface area contributed by atoms with Crippen molar-refractivity contribution in [2.75, 3.05) is 6.54 Å². The van der Waals surface area contributed by atoms with Crippen LogP contribution in [0.15, 0.2) is 24.3 Å². The lowest BCUT2D eigenvalue weighted by atomic mass is 10.0. The Morgan fingerprint density at radius 3 is 2.33 bits per heavy atom. The van der Waals surface area contributed by atoms with Crippen molar-refractivity contribution in [1.29, 1.82) is 0 Å². The Morgan fingerprint density at radius 1 is 1.17 bits per heavy atom. The highest BCUT2D eigenvalue weighted by molar-refractivity contribution is 5.97. The number of carbonyl (C=O) groups is 3. The number of amides is 2. The highest BCUT2D eigenvalue weighted by Gasteiger charge is 2.29. The van der Waals surface area contributed by atoms with Crippen molar-refractivity contribution in [3.8, 4) is 0 Å². The molecule has 24 heavy (non-hydrogen) atoms. The Morgan fingerprint density at radius 2 is 1.79 bits per heavy atom. The molecule has 2 atom stereocenters. The van der Waals surface area contributed by atoms with Gasteiger partial charge in [-0.2, -0.15) is 0 Å². The number of likely N-dealkylation sites (N-methyl/N-ethyl adjacent to an activating group) is 1. The fraction of sp³-hybridized carbons (Fsp3) is 0.471. The number of benzene rings is 1. The molecule has 0 bridgehead atoms. The molecule has 132 valence electrons. The molecule has 0 saturated carbocycles. The first-order valence-electron chi connectivity index (χ1n) is 7.81. The lowest BCUT2D eigenvalue weighted by Gasteiger charge is -2.23. The topological polar surface area (TPSA) is 84.5 Å². The van der Waals surface area contributed by atoms with Crippen molar-refractivity contribution in [1.82, 2.24) is 10.6 Å². The minimum Gasteiger partial charge on any atom is -0.451 e. The van der Waals surface area contributed by atoms with Crippen molar-refractivity contribution in [3.63, 3.8) is 0 Å². The third-order valence-electron chi connectivity index (χ3n) is 3.34. The van der Waals surface area contributed by atoms with Crippen LogP contribution in [0.3, 0.4) is 0 Å². The summed E-state index contributed by atoms with van der Waals surface area (Å²) in [5.74, 6) is -2.85. The van der Waals surface area contributed by atoms with Crippen LogP contribution in [-0.4, -0.2) is 36.5 Å². The zero-order valence-electron chi connectivity index (χ0n) is 14.3.